The number of carbonyl (C=O) groups is 1. The molecule has 3 aliphatic rings. The van der Waals surface area contributed by atoms with Crippen molar-refractivity contribution in [3.8, 4) is 11.4 Å². The molecule has 0 spiro atoms. The Hall–Kier alpha value is -3.48. The number of urea groups is 1. The van der Waals surface area contributed by atoms with Crippen molar-refractivity contribution in [2.45, 2.75) is 31.2 Å². The van der Waals surface area contributed by atoms with Crippen LogP contribution in [0.15, 0.2) is 52.0 Å². The van der Waals surface area contributed by atoms with E-state index >= 15 is 0 Å². The number of benzene rings is 2. The highest BCUT2D eigenvalue weighted by atomic mass is 16.5. The molecule has 2 amide bonds. The summed E-state index contributed by atoms with van der Waals surface area (Å²) >= 11 is 0. The summed E-state index contributed by atoms with van der Waals surface area (Å²) in [5.41, 5.74) is 4.97. The van der Waals surface area contributed by atoms with Gasteiger partial charge in [-0.3, -0.25) is 9.89 Å². The number of nitrogens with one attached hydrogen (secondary N) is 1. The van der Waals surface area contributed by atoms with Gasteiger partial charge in [0.25, 0.3) is 0 Å². The lowest BCUT2D eigenvalue weighted by molar-refractivity contribution is 0.251. The summed E-state index contributed by atoms with van der Waals surface area (Å²) in [5.74, 6) is 1.80. The van der Waals surface area contributed by atoms with Crippen molar-refractivity contribution in [2.75, 3.05) is 11.4 Å². The Morgan fingerprint density at radius 3 is 2.79 bits per heavy atom. The number of rotatable bonds is 4. The first-order chi connectivity index (χ1) is 14.3. The van der Waals surface area contributed by atoms with Crippen molar-refractivity contribution >= 4 is 23.6 Å². The maximum absolute atomic E-state index is 12.6. The largest absolute Gasteiger partial charge is 0.339 e. The van der Waals surface area contributed by atoms with Crippen LogP contribution in [0.1, 0.15) is 41.8 Å². The molecule has 3 heterocycles. The van der Waals surface area contributed by atoms with Crippen molar-refractivity contribution in [3.63, 3.8) is 0 Å². The molecular formula is C22H19N5O2. The van der Waals surface area contributed by atoms with E-state index in [0.29, 0.717) is 18.3 Å². The van der Waals surface area contributed by atoms with Gasteiger partial charge in [-0.15, -0.1) is 0 Å². The average molecular weight is 385 g/mol. The number of carbonyl (C=O) groups excluding carboxylic acids is 1. The van der Waals surface area contributed by atoms with E-state index in [9.17, 15) is 4.79 Å². The van der Waals surface area contributed by atoms with Crippen molar-refractivity contribution in [1.29, 1.82) is 0 Å². The smallest absolute Gasteiger partial charge is 0.322 e. The van der Waals surface area contributed by atoms with Gasteiger partial charge in [0.2, 0.25) is 11.7 Å². The monoisotopic (exact) mass is 385 g/mol. The Morgan fingerprint density at radius 2 is 1.97 bits per heavy atom. The van der Waals surface area contributed by atoms with Crippen molar-refractivity contribution < 1.29 is 9.32 Å². The average Bonchev–Trinajstić information content (AvgIpc) is 3.15. The fourth-order valence-electron chi connectivity index (χ4n) is 4.01. The summed E-state index contributed by atoms with van der Waals surface area (Å²) < 4.78 is 5.36. The van der Waals surface area contributed by atoms with Crippen molar-refractivity contribution in [3.05, 3.63) is 59.5 Å². The second kappa shape index (κ2) is 6.27. The van der Waals surface area contributed by atoms with Crippen LogP contribution in [0.2, 0.25) is 0 Å². The Bertz CT molecular complexity index is 1130. The van der Waals surface area contributed by atoms with Gasteiger partial charge in [0.15, 0.2) is 0 Å². The van der Waals surface area contributed by atoms with Gasteiger partial charge in [-0.2, -0.15) is 4.98 Å². The van der Waals surface area contributed by atoms with Crippen LogP contribution in [0, 0.1) is 0 Å². The maximum Gasteiger partial charge on any atom is 0.322 e. The molecule has 2 aliphatic heterocycles. The number of aliphatic imine (C=N–C) groups is 1. The molecule has 7 heteroatoms. The minimum absolute atomic E-state index is 0.0766. The number of hydrogen-bond acceptors (Lipinski definition) is 5. The normalized spacial score (nSPS) is 20.2. The lowest BCUT2D eigenvalue weighted by atomic mass is 10.0. The van der Waals surface area contributed by atoms with Crippen LogP contribution in [-0.4, -0.2) is 28.9 Å². The molecular weight excluding hydrogens is 366 g/mol. The Labute approximate surface area is 167 Å². The second-order valence-electron chi connectivity index (χ2n) is 7.75. The van der Waals surface area contributed by atoms with E-state index in [2.05, 4.69) is 26.5 Å². The van der Waals surface area contributed by atoms with Crippen molar-refractivity contribution in [1.82, 2.24) is 15.5 Å². The zero-order chi connectivity index (χ0) is 19.4. The van der Waals surface area contributed by atoms with E-state index in [1.165, 1.54) is 5.56 Å². The Morgan fingerprint density at radius 1 is 1.10 bits per heavy atom. The highest BCUT2D eigenvalue weighted by Gasteiger charge is 2.34. The summed E-state index contributed by atoms with van der Waals surface area (Å²) in [6.07, 6.45) is 5.02. The third-order valence-electron chi connectivity index (χ3n) is 5.79. The van der Waals surface area contributed by atoms with Gasteiger partial charge in [-0.25, -0.2) is 4.79 Å². The summed E-state index contributed by atoms with van der Waals surface area (Å²) in [6.45, 7) is 0.562. The topological polar surface area (TPSA) is 83.6 Å². The predicted molar refractivity (Wildman–Crippen MR) is 109 cm³/mol. The standard InChI is InChI=1S/C22H19N5O2/c28-22-24-12-19(27(22)17-8-7-13-9-10-23-18(13)11-17)14-1-3-15(4-2-14)20-25-21(29-26-20)16-5-6-16/h1-4,7-8,10-11,16,19H,5-6,9,12H2,(H,24,28). The fourth-order valence-corrected chi connectivity index (χ4v) is 4.01. The van der Waals surface area contributed by atoms with E-state index in [0.717, 1.165) is 47.7 Å². The van der Waals surface area contributed by atoms with Gasteiger partial charge in [0, 0.05) is 36.3 Å². The SMILES string of the molecule is O=C1NCC(c2ccc(-c3noc(C4CC4)n3)cc2)N1c1ccc2c(c1)N=CC2. The molecule has 144 valence electrons. The van der Waals surface area contributed by atoms with Crippen molar-refractivity contribution in [2.24, 2.45) is 4.99 Å². The van der Waals surface area contributed by atoms with Gasteiger partial charge in [-0.05, 0) is 36.1 Å². The van der Waals surface area contributed by atoms with Gasteiger partial charge >= 0.3 is 6.03 Å². The van der Waals surface area contributed by atoms with Crippen LogP contribution in [0.3, 0.4) is 0 Å². The molecule has 1 saturated carbocycles. The van der Waals surface area contributed by atoms with Crippen LogP contribution in [0.5, 0.6) is 0 Å². The van der Waals surface area contributed by atoms with Crippen LogP contribution >= 0.6 is 0 Å². The molecule has 6 rings (SSSR count). The molecule has 29 heavy (non-hydrogen) atoms. The highest BCUT2D eigenvalue weighted by Crippen LogP contribution is 2.40. The molecule has 1 saturated heterocycles. The molecule has 2 aromatic carbocycles. The Kier molecular flexibility index (Phi) is 3.56. The molecule has 1 atom stereocenters. The predicted octanol–water partition coefficient (Wildman–Crippen LogP) is 4.14. The number of nitrogens with zero attached hydrogens (tertiary/aromatic N) is 4. The van der Waals surface area contributed by atoms with Crippen LogP contribution < -0.4 is 10.2 Å². The number of anilines is 1. The third kappa shape index (κ3) is 2.81. The van der Waals surface area contributed by atoms with Crippen LogP contribution in [-0.2, 0) is 6.42 Å². The molecule has 7 nitrogen and oxygen atoms in total. The third-order valence-corrected chi connectivity index (χ3v) is 5.79. The van der Waals surface area contributed by atoms with Crippen LogP contribution in [0.25, 0.3) is 11.4 Å². The quantitative estimate of drug-likeness (QED) is 0.731. The number of fused-ring (bicyclic) bond motifs is 1. The molecule has 2 fully saturated rings. The molecule has 0 bridgehead atoms. The zero-order valence-corrected chi connectivity index (χ0v) is 15.7. The first-order valence-electron chi connectivity index (χ1n) is 9.93. The first-order valence-corrected chi connectivity index (χ1v) is 9.93. The van der Waals surface area contributed by atoms with Gasteiger partial charge < -0.3 is 9.84 Å². The van der Waals surface area contributed by atoms with Crippen LogP contribution in [0.4, 0.5) is 16.2 Å². The zero-order valence-electron chi connectivity index (χ0n) is 15.7. The number of amides is 2. The molecule has 1 unspecified atom stereocenters. The summed E-state index contributed by atoms with van der Waals surface area (Å²) in [6, 6.07) is 13.9. The second-order valence-corrected chi connectivity index (χ2v) is 7.75. The fraction of sp³-hybridized carbons (Fsp3) is 0.273. The summed E-state index contributed by atoms with van der Waals surface area (Å²) in [7, 11) is 0. The summed E-state index contributed by atoms with van der Waals surface area (Å²) in [4.78, 5) is 23.3. The van der Waals surface area contributed by atoms with Gasteiger partial charge in [0.05, 0.1) is 11.7 Å². The maximum atomic E-state index is 12.6. The van der Waals surface area contributed by atoms with E-state index < -0.39 is 0 Å². The first kappa shape index (κ1) is 16.5. The van der Waals surface area contributed by atoms with Gasteiger partial charge in [-0.1, -0.05) is 35.5 Å². The molecule has 1 aliphatic carbocycles. The van der Waals surface area contributed by atoms with E-state index in [-0.39, 0.29) is 12.1 Å². The minimum Gasteiger partial charge on any atom is -0.339 e. The highest BCUT2D eigenvalue weighted by molar-refractivity contribution is 5.96. The van der Waals surface area contributed by atoms with E-state index in [1.54, 1.807) is 0 Å². The van der Waals surface area contributed by atoms with Gasteiger partial charge in [0.1, 0.15) is 0 Å². The Balaban J connectivity index is 1.29. The lowest BCUT2D eigenvalue weighted by Gasteiger charge is -2.24. The number of hydrogen-bond donors (Lipinski definition) is 1. The molecule has 1 aromatic heterocycles. The lowest BCUT2D eigenvalue weighted by Crippen LogP contribution is -2.29. The van der Waals surface area contributed by atoms with E-state index in [1.807, 2.05) is 47.5 Å². The molecule has 1 N–H and O–H groups in total. The minimum atomic E-state index is -0.0896. The number of aromatic nitrogens is 2. The molecule has 0 radical (unpaired) electrons. The summed E-state index contributed by atoms with van der Waals surface area (Å²) in [5, 5.41) is 7.07. The molecule has 3 aromatic rings. The van der Waals surface area contributed by atoms with E-state index in [4.69, 9.17) is 4.52 Å².